The number of thioether (sulfide) groups is 2. The largest absolute Gasteiger partial charge is 0.444 e. The van der Waals surface area contributed by atoms with E-state index in [-0.39, 0.29) is 33.1 Å². The number of benzene rings is 2. The first-order valence-corrected chi connectivity index (χ1v) is 19.8. The van der Waals surface area contributed by atoms with Gasteiger partial charge in [0.25, 0.3) is 5.69 Å². The number of nitro benzene ring substituents is 1. The van der Waals surface area contributed by atoms with Crippen molar-refractivity contribution in [2.75, 3.05) is 30.5 Å². The summed E-state index contributed by atoms with van der Waals surface area (Å²) in [6, 6.07) is 6.21. The second-order valence-electron chi connectivity index (χ2n) is 16.0. The van der Waals surface area contributed by atoms with Crippen molar-refractivity contribution in [1.82, 2.24) is 10.6 Å². The van der Waals surface area contributed by atoms with Crippen LogP contribution in [0.15, 0.2) is 46.4 Å². The van der Waals surface area contributed by atoms with Crippen molar-refractivity contribution < 1.29 is 68.6 Å². The topological polar surface area (TPSA) is 189 Å². The van der Waals surface area contributed by atoms with E-state index in [0.29, 0.717) is 0 Å². The van der Waals surface area contributed by atoms with Crippen LogP contribution in [0.2, 0.25) is 0 Å². The third-order valence-electron chi connectivity index (χ3n) is 9.27. The number of alkyl carbamates (subject to hydrolysis) is 2. The van der Waals surface area contributed by atoms with Gasteiger partial charge in [-0.1, -0.05) is 23.5 Å². The number of hydrogen-bond acceptors (Lipinski definition) is 13. The number of hydrogen-bond donors (Lipinski definition) is 3. The molecule has 0 aliphatic carbocycles. The number of nitrogens with two attached hydrogens (primary N) is 1. The molecule has 6 atom stereocenters. The number of amidine groups is 2. The molecule has 2 saturated heterocycles. The Hall–Kier alpha value is -4.42. The van der Waals surface area contributed by atoms with Crippen LogP contribution in [-0.4, -0.2) is 87.9 Å². The number of carbonyl (C=O) groups is 2. The number of fused-ring (bicyclic) bond motifs is 2. The SMILES string of the molecule is CC(C)(C)OC(=O)NC1=N[C@@]2(c3cc(N)ccc3F)CO[C@H](C(F)(F)F)[C@H]2CS1.CC(C)(C)OC(=O)NC1=N[C@@]2(c3cc([N+](=O)[O-])ccc3F)CO[C@H](C(F)(F)F)[C@H]2CS1. The standard InChI is InChI=1S/C18H19F4N3O5S.C18H21F4N3O3S/c1-16(2,3)30-15(26)23-14-24-17(10-6-9(25(27)28)4-5-12(10)19)8-29-13(18(20,21)22)11(17)7-31-14;1-16(2,3)28-15(26)24-14-25-17(10-6-9(23)4-5-12(10)19)8-27-13(18(20,21)22)11(17)7-29-14/h4-6,11,13H,7-8H2,1-3H3,(H,23,24,26);4-6,11,13H,7-8,23H2,1-3H3,(H,24,25,26)/t2*11-,13+,17-/m11/s1. The number of anilines is 1. The monoisotopic (exact) mass is 900 g/mol. The molecule has 0 saturated carbocycles. The van der Waals surface area contributed by atoms with Gasteiger partial charge in [-0.05, 0) is 65.8 Å². The van der Waals surface area contributed by atoms with E-state index in [4.69, 9.17) is 24.7 Å². The number of ether oxygens (including phenoxy) is 4. The van der Waals surface area contributed by atoms with E-state index in [1.165, 1.54) is 12.1 Å². The molecule has 4 heterocycles. The smallest absolute Gasteiger partial charge is 0.415 e. The summed E-state index contributed by atoms with van der Waals surface area (Å²) in [6.07, 6.45) is -15.5. The molecule has 2 aromatic rings. The van der Waals surface area contributed by atoms with Crippen molar-refractivity contribution in [3.8, 4) is 0 Å². The summed E-state index contributed by atoms with van der Waals surface area (Å²) in [5.74, 6) is -4.57. The molecule has 14 nitrogen and oxygen atoms in total. The molecule has 0 bridgehead atoms. The predicted molar refractivity (Wildman–Crippen MR) is 204 cm³/mol. The van der Waals surface area contributed by atoms with E-state index < -0.39 is 112 Å². The van der Waals surface area contributed by atoms with Crippen molar-refractivity contribution in [3.05, 3.63) is 69.3 Å². The summed E-state index contributed by atoms with van der Waals surface area (Å²) in [6.45, 7) is 8.70. The van der Waals surface area contributed by atoms with Crippen molar-refractivity contribution in [2.45, 2.75) is 88.4 Å². The maximum atomic E-state index is 14.7. The highest BCUT2D eigenvalue weighted by Crippen LogP contribution is 2.54. The summed E-state index contributed by atoms with van der Waals surface area (Å²) in [4.78, 5) is 43.1. The number of aliphatic imine (C=N–C) groups is 2. The molecule has 0 spiro atoms. The number of halogens is 8. The number of non-ortho nitro benzene ring substituents is 1. The molecule has 6 rings (SSSR count). The molecule has 0 radical (unpaired) electrons. The maximum Gasteiger partial charge on any atom is 0.415 e. The van der Waals surface area contributed by atoms with Gasteiger partial charge in [-0.3, -0.25) is 20.7 Å². The van der Waals surface area contributed by atoms with Crippen LogP contribution in [0.3, 0.4) is 0 Å². The van der Waals surface area contributed by atoms with E-state index in [0.717, 1.165) is 47.8 Å². The highest BCUT2D eigenvalue weighted by Gasteiger charge is 2.63. The molecule has 4 N–H and O–H groups in total. The lowest BCUT2D eigenvalue weighted by atomic mass is 9.78. The van der Waals surface area contributed by atoms with Gasteiger partial charge in [0, 0.05) is 52.3 Å². The first-order valence-electron chi connectivity index (χ1n) is 17.9. The third-order valence-corrected chi connectivity index (χ3v) is 11.3. The lowest BCUT2D eigenvalue weighted by Crippen LogP contribution is -2.47. The normalized spacial score (nSPS) is 26.6. The molecule has 330 valence electrons. The van der Waals surface area contributed by atoms with E-state index in [1.807, 2.05) is 0 Å². The zero-order valence-electron chi connectivity index (χ0n) is 32.6. The van der Waals surface area contributed by atoms with Gasteiger partial charge in [-0.25, -0.2) is 28.4 Å². The van der Waals surface area contributed by atoms with Gasteiger partial charge >= 0.3 is 24.5 Å². The fourth-order valence-corrected chi connectivity index (χ4v) is 9.23. The Morgan fingerprint density at radius 1 is 0.767 bits per heavy atom. The van der Waals surface area contributed by atoms with Crippen LogP contribution in [0.1, 0.15) is 52.7 Å². The average Bonchev–Trinajstić information content (AvgIpc) is 3.68. The van der Waals surface area contributed by atoms with Gasteiger partial charge in [0.15, 0.2) is 22.5 Å². The molecular weight excluding hydrogens is 861 g/mol. The second-order valence-corrected chi connectivity index (χ2v) is 18.0. The van der Waals surface area contributed by atoms with Gasteiger partial charge in [0.1, 0.15) is 33.9 Å². The number of amides is 2. The fourth-order valence-electron chi connectivity index (χ4n) is 6.89. The highest BCUT2D eigenvalue weighted by atomic mass is 32.2. The maximum absolute atomic E-state index is 14.7. The first kappa shape index (κ1) is 46.6. The molecule has 4 aliphatic rings. The predicted octanol–water partition coefficient (Wildman–Crippen LogP) is 7.94. The van der Waals surface area contributed by atoms with Crippen molar-refractivity contribution >= 4 is 57.4 Å². The molecular formula is C36H40F8N6O8S2. The summed E-state index contributed by atoms with van der Waals surface area (Å²) < 4.78 is 131. The Balaban J connectivity index is 0.000000228. The highest BCUT2D eigenvalue weighted by molar-refractivity contribution is 8.14. The Morgan fingerprint density at radius 3 is 1.55 bits per heavy atom. The van der Waals surface area contributed by atoms with E-state index >= 15 is 0 Å². The lowest BCUT2D eigenvalue weighted by molar-refractivity contribution is -0.385. The van der Waals surface area contributed by atoms with Crippen LogP contribution in [0, 0.1) is 33.6 Å². The Labute approximate surface area is 345 Å². The van der Waals surface area contributed by atoms with Crippen LogP contribution in [0.4, 0.5) is 56.1 Å². The number of nitrogens with one attached hydrogen (secondary N) is 2. The van der Waals surface area contributed by atoms with Crippen LogP contribution in [-0.2, 0) is 30.0 Å². The Kier molecular flexibility index (Phi) is 13.1. The molecule has 0 unspecified atom stereocenters. The van der Waals surface area contributed by atoms with E-state index in [2.05, 4.69) is 20.6 Å². The molecule has 0 aromatic heterocycles. The van der Waals surface area contributed by atoms with Crippen LogP contribution < -0.4 is 16.4 Å². The summed E-state index contributed by atoms with van der Waals surface area (Å²) >= 11 is 1.75. The number of alkyl halides is 6. The van der Waals surface area contributed by atoms with E-state index in [9.17, 15) is 54.8 Å². The molecule has 60 heavy (non-hydrogen) atoms. The molecule has 2 fully saturated rings. The van der Waals surface area contributed by atoms with Crippen LogP contribution in [0.25, 0.3) is 0 Å². The number of nitro groups is 1. The lowest BCUT2D eigenvalue weighted by Gasteiger charge is -2.37. The van der Waals surface area contributed by atoms with Crippen LogP contribution in [0.5, 0.6) is 0 Å². The summed E-state index contributed by atoms with van der Waals surface area (Å²) in [7, 11) is 0. The third kappa shape index (κ3) is 10.4. The zero-order valence-corrected chi connectivity index (χ0v) is 34.3. The van der Waals surface area contributed by atoms with Gasteiger partial charge in [-0.15, -0.1) is 0 Å². The van der Waals surface area contributed by atoms with Crippen LogP contribution >= 0.6 is 23.5 Å². The van der Waals surface area contributed by atoms with E-state index in [1.54, 1.807) is 41.5 Å². The fraction of sp³-hybridized carbons (Fsp3) is 0.556. The molecule has 4 aliphatic heterocycles. The van der Waals surface area contributed by atoms with Gasteiger partial charge < -0.3 is 24.7 Å². The summed E-state index contributed by atoms with van der Waals surface area (Å²) in [5.41, 5.74) is -0.275. The van der Waals surface area contributed by atoms with Gasteiger partial charge in [0.05, 0.1) is 18.1 Å². The Bertz CT molecular complexity index is 2060. The quantitative estimate of drug-likeness (QED) is 0.117. The van der Waals surface area contributed by atoms with Crippen molar-refractivity contribution in [2.24, 2.45) is 21.8 Å². The minimum Gasteiger partial charge on any atom is -0.444 e. The number of nitrogen functional groups attached to an aromatic ring is 1. The average molecular weight is 901 g/mol. The molecule has 2 aromatic carbocycles. The second kappa shape index (κ2) is 16.8. The molecule has 24 heteroatoms. The van der Waals surface area contributed by atoms with Crippen molar-refractivity contribution in [3.63, 3.8) is 0 Å². The number of carbonyl (C=O) groups excluding carboxylic acids is 2. The minimum absolute atomic E-state index is 0.0312. The summed E-state index contributed by atoms with van der Waals surface area (Å²) in [5, 5.41) is 15.9. The first-order chi connectivity index (χ1) is 27.5. The van der Waals surface area contributed by atoms with Gasteiger partial charge in [-0.2, -0.15) is 26.3 Å². The number of nitrogens with zero attached hydrogens (tertiary/aromatic N) is 3. The number of rotatable bonds is 3. The van der Waals surface area contributed by atoms with Gasteiger partial charge in [0.2, 0.25) is 0 Å². The molecule has 2 amide bonds. The zero-order chi connectivity index (χ0) is 44.8. The Morgan fingerprint density at radius 2 is 1.17 bits per heavy atom. The van der Waals surface area contributed by atoms with Crippen molar-refractivity contribution in [1.29, 1.82) is 0 Å². The minimum atomic E-state index is -4.75.